The number of hydrogen-bond donors (Lipinski definition) is 15. The number of nitrogens with two attached hydrogens (primary N) is 2. The van der Waals surface area contributed by atoms with Gasteiger partial charge in [-0.25, -0.2) is 0 Å². The third kappa shape index (κ3) is 18.8. The molecule has 0 aromatic heterocycles. The number of fused-ring (bicyclic) bond motifs is 2. The number of hydrogen-bond acceptors (Lipinski definition) is 18. The Kier molecular flexibility index (Phi) is 26.0. The van der Waals surface area contributed by atoms with Crippen molar-refractivity contribution >= 4 is 47.3 Å². The number of ether oxygens (including phenoxy) is 1. The van der Waals surface area contributed by atoms with E-state index in [0.717, 1.165) is 67.4 Å². The maximum absolute atomic E-state index is 14.6. The van der Waals surface area contributed by atoms with Gasteiger partial charge in [-0.2, -0.15) is 0 Å². The molecular weight excluding hydrogens is 1020 g/mol. The Labute approximate surface area is 454 Å². The van der Waals surface area contributed by atoms with Crippen LogP contribution in [0.3, 0.4) is 0 Å². The molecule has 0 saturated carbocycles. The number of carbonyl (C=O) groups excluding carboxylic acids is 8. The first-order valence-electron chi connectivity index (χ1n) is 27.2. The Morgan fingerprint density at radius 3 is 2.00 bits per heavy atom. The van der Waals surface area contributed by atoms with E-state index in [9.17, 15) is 79.2 Å². The SMILES string of the molecule is CCC(C)CC(C)CCCCCCCCC(=O)N[C@H]1C[C@@H](O)[C@H](OCCN)NC(=O)[C@@H]2[C@@H](O)CCN2C(=O)[C@H]([C@H](O)CC(N)=O)NC(=O)[C@H]([C@H](O)[C@@H](O)c2ccc(O)cc2)NC(=O)[C@@H]2C[C@@H](O)CN2C(=O)[C@H]([C@@H](C)O)NC1=O. The first kappa shape index (κ1) is 64.9. The summed E-state index contributed by atoms with van der Waals surface area (Å²) in [6.07, 6.45) is -9.20. The first-order valence-corrected chi connectivity index (χ1v) is 27.2. The number of carbonyl (C=O) groups is 8. The van der Waals surface area contributed by atoms with E-state index < -0.39 is 165 Å². The van der Waals surface area contributed by atoms with Gasteiger partial charge >= 0.3 is 0 Å². The number of aromatic hydroxyl groups is 1. The quantitative estimate of drug-likeness (QED) is 0.0476. The van der Waals surface area contributed by atoms with Crippen LogP contribution in [-0.4, -0.2) is 203 Å². The van der Waals surface area contributed by atoms with Crippen LogP contribution in [0.25, 0.3) is 0 Å². The van der Waals surface area contributed by atoms with Crippen LogP contribution in [0.1, 0.15) is 129 Å². The second kappa shape index (κ2) is 31.3. The Balaban J connectivity index is 1.74. The summed E-state index contributed by atoms with van der Waals surface area (Å²) >= 11 is 0. The lowest BCUT2D eigenvalue weighted by atomic mass is 9.91. The Morgan fingerprint density at radius 2 is 1.37 bits per heavy atom. The predicted molar refractivity (Wildman–Crippen MR) is 278 cm³/mol. The Bertz CT molecular complexity index is 2160. The predicted octanol–water partition coefficient (Wildman–Crippen LogP) is -3.36. The summed E-state index contributed by atoms with van der Waals surface area (Å²) in [5.41, 5.74) is 11.0. The molecule has 78 heavy (non-hydrogen) atoms. The highest BCUT2D eigenvalue weighted by Gasteiger charge is 2.49. The van der Waals surface area contributed by atoms with Gasteiger partial charge in [0.15, 0.2) is 6.23 Å². The summed E-state index contributed by atoms with van der Waals surface area (Å²) in [5.74, 6) is -8.30. The molecule has 3 aliphatic rings. The summed E-state index contributed by atoms with van der Waals surface area (Å²) in [6.45, 7) is 6.33. The normalized spacial score (nSPS) is 28.4. The highest BCUT2D eigenvalue weighted by molar-refractivity contribution is 5.98. The highest BCUT2D eigenvalue weighted by atomic mass is 16.5. The Hall–Kier alpha value is -5.58. The van der Waals surface area contributed by atoms with Crippen molar-refractivity contribution in [2.75, 3.05) is 26.2 Å². The van der Waals surface area contributed by atoms with Gasteiger partial charge < -0.3 is 93.4 Å². The monoisotopic (exact) mass is 1110 g/mol. The van der Waals surface area contributed by atoms with Crippen LogP contribution in [0, 0.1) is 11.8 Å². The van der Waals surface area contributed by atoms with Gasteiger partial charge in [-0.1, -0.05) is 77.8 Å². The third-order valence-electron chi connectivity index (χ3n) is 14.7. The van der Waals surface area contributed by atoms with Crippen molar-refractivity contribution in [2.24, 2.45) is 23.3 Å². The smallest absolute Gasteiger partial charge is 0.248 e. The van der Waals surface area contributed by atoms with Gasteiger partial charge in [0.2, 0.25) is 47.3 Å². The van der Waals surface area contributed by atoms with Crippen molar-refractivity contribution in [1.29, 1.82) is 0 Å². The number of benzene rings is 1. The molecule has 4 rings (SSSR count). The number of unbranched alkanes of at least 4 members (excludes halogenated alkanes) is 5. The van der Waals surface area contributed by atoms with Crippen molar-refractivity contribution in [3.63, 3.8) is 0 Å². The number of amides is 8. The molecular formula is C52H85N9O17. The van der Waals surface area contributed by atoms with Crippen LogP contribution in [0.4, 0.5) is 0 Å². The maximum atomic E-state index is 14.6. The fourth-order valence-electron chi connectivity index (χ4n) is 10.1. The summed E-state index contributed by atoms with van der Waals surface area (Å²) in [7, 11) is 0. The fraction of sp³-hybridized carbons (Fsp3) is 0.731. The van der Waals surface area contributed by atoms with Crippen LogP contribution >= 0.6 is 0 Å². The van der Waals surface area contributed by atoms with Crippen molar-refractivity contribution in [1.82, 2.24) is 36.4 Å². The number of rotatable bonds is 23. The Morgan fingerprint density at radius 1 is 0.756 bits per heavy atom. The second-order valence-corrected chi connectivity index (χ2v) is 21.2. The van der Waals surface area contributed by atoms with E-state index in [1.54, 1.807) is 0 Å². The van der Waals surface area contributed by atoms with Gasteiger partial charge in [-0.05, 0) is 55.7 Å². The van der Waals surface area contributed by atoms with E-state index in [1.807, 2.05) is 0 Å². The zero-order valence-corrected chi connectivity index (χ0v) is 45.1. The molecule has 16 atom stereocenters. The third-order valence-corrected chi connectivity index (χ3v) is 14.7. The second-order valence-electron chi connectivity index (χ2n) is 21.2. The van der Waals surface area contributed by atoms with Crippen molar-refractivity contribution < 1.29 is 83.9 Å². The standard InChI is InChI=1S/C52H85N9O17/c1-5-27(2)22-28(3)12-10-8-6-7-9-11-13-39(69)55-33-24-37(67)50(78-21-19-53)59-49(75)43-35(65)18-20-60(43)52(77)41(36(66)25-38(54)68)57-48(74)42(45(71)44(70)30-14-16-31(63)17-15-30)58-47(73)34-23-32(64)26-61(34)51(76)40(29(4)62)56-46(33)72/h14-17,27-29,32-37,40-45,50,62-67,70-71H,5-13,18-26,53H2,1-4H3,(H2,54,68)(H,55,69)(H,56,72)(H,57,74)(H,58,73)(H,59,75)/t27?,28?,29-,32-,33+,34+,35+,36-,37-,40+,41+,42+,43+,44+,45+,50+/m1/s1. The molecule has 26 heteroatoms. The summed E-state index contributed by atoms with van der Waals surface area (Å²) in [4.78, 5) is 114. The van der Waals surface area contributed by atoms with Gasteiger partial charge in [0, 0.05) is 38.9 Å². The van der Waals surface area contributed by atoms with Crippen LogP contribution in [0.5, 0.6) is 5.75 Å². The number of phenols is 1. The molecule has 0 aliphatic carbocycles. The topological polar surface area (TPSA) is 426 Å². The molecule has 26 nitrogen and oxygen atoms in total. The molecule has 3 heterocycles. The molecule has 0 spiro atoms. The minimum absolute atomic E-state index is 0.0611. The molecule has 0 bridgehead atoms. The number of aliphatic hydroxyl groups is 7. The molecule has 8 amide bonds. The van der Waals surface area contributed by atoms with E-state index in [1.165, 1.54) is 18.6 Å². The van der Waals surface area contributed by atoms with E-state index >= 15 is 0 Å². The molecule has 1 aromatic carbocycles. The number of aliphatic hydroxyl groups excluding tert-OH is 7. The lowest BCUT2D eigenvalue weighted by Crippen LogP contribution is -2.64. The number of phenolic OH excluding ortho intramolecular Hbond substituents is 1. The van der Waals surface area contributed by atoms with E-state index in [2.05, 4.69) is 47.4 Å². The van der Waals surface area contributed by atoms with Gasteiger partial charge in [-0.15, -0.1) is 0 Å². The summed E-state index contributed by atoms with van der Waals surface area (Å²) in [5, 5.41) is 101. The molecule has 17 N–H and O–H groups in total. The first-order chi connectivity index (χ1) is 36.9. The zero-order valence-electron chi connectivity index (χ0n) is 45.1. The van der Waals surface area contributed by atoms with E-state index in [-0.39, 0.29) is 37.3 Å². The number of nitrogens with zero attached hydrogens (tertiary/aromatic N) is 2. The van der Waals surface area contributed by atoms with E-state index in [4.69, 9.17) is 16.2 Å². The van der Waals surface area contributed by atoms with Crippen LogP contribution < -0.4 is 38.1 Å². The fourth-order valence-corrected chi connectivity index (χ4v) is 10.1. The van der Waals surface area contributed by atoms with Gasteiger partial charge in [0.1, 0.15) is 60.3 Å². The lowest BCUT2D eigenvalue weighted by Gasteiger charge is -2.34. The van der Waals surface area contributed by atoms with Crippen LogP contribution in [-0.2, 0) is 43.1 Å². The number of nitrogens with one attached hydrogen (secondary N) is 5. The largest absolute Gasteiger partial charge is 0.508 e. The average molecular weight is 1110 g/mol. The molecule has 3 aliphatic heterocycles. The van der Waals surface area contributed by atoms with Gasteiger partial charge in [-0.3, -0.25) is 38.4 Å². The zero-order chi connectivity index (χ0) is 58.0. The van der Waals surface area contributed by atoms with Gasteiger partial charge in [0.25, 0.3) is 0 Å². The number of primary amides is 1. The van der Waals surface area contributed by atoms with Crippen molar-refractivity contribution in [3.8, 4) is 5.75 Å². The lowest BCUT2D eigenvalue weighted by molar-refractivity contribution is -0.150. The van der Waals surface area contributed by atoms with Crippen LogP contribution in [0.15, 0.2) is 24.3 Å². The highest BCUT2D eigenvalue weighted by Crippen LogP contribution is 2.27. The molecule has 2 unspecified atom stereocenters. The van der Waals surface area contributed by atoms with Crippen LogP contribution in [0.2, 0.25) is 0 Å². The summed E-state index contributed by atoms with van der Waals surface area (Å²) < 4.78 is 5.70. The minimum Gasteiger partial charge on any atom is -0.508 e. The van der Waals surface area contributed by atoms with Crippen molar-refractivity contribution in [3.05, 3.63) is 29.8 Å². The maximum Gasteiger partial charge on any atom is 0.248 e. The molecule has 440 valence electrons. The molecule has 3 saturated heterocycles. The molecule has 1 aromatic rings. The minimum atomic E-state index is -2.36. The van der Waals surface area contributed by atoms with Gasteiger partial charge in [0.05, 0.1) is 37.4 Å². The molecule has 3 fully saturated rings. The summed E-state index contributed by atoms with van der Waals surface area (Å²) in [6, 6.07) is -7.20. The van der Waals surface area contributed by atoms with E-state index in [0.29, 0.717) is 24.7 Å². The average Bonchev–Trinajstić information content (AvgIpc) is 4.01. The molecule has 0 radical (unpaired) electrons. The van der Waals surface area contributed by atoms with Crippen molar-refractivity contribution in [2.45, 2.75) is 203 Å².